The summed E-state index contributed by atoms with van der Waals surface area (Å²) >= 11 is 0. The van der Waals surface area contributed by atoms with Gasteiger partial charge < -0.3 is 33.8 Å². The molecule has 0 aromatic carbocycles. The molecule has 0 rings (SSSR count). The van der Waals surface area contributed by atoms with Crippen molar-refractivity contribution in [3.63, 3.8) is 0 Å². The average Bonchev–Trinajstić information content (AvgIpc) is 0.975. The molecule has 3 N–H and O–H groups in total. The summed E-state index contributed by atoms with van der Waals surface area (Å²) in [6, 6.07) is 0. The van der Waals surface area contributed by atoms with E-state index in [0.717, 1.165) is 108 Å². The van der Waals surface area contributed by atoms with E-state index in [1.54, 1.807) is 0 Å². The molecule has 0 aromatic rings. The molecule has 0 spiro atoms. The fraction of sp³-hybridized carbons (Fsp3) is 0.952. The number of rotatable bonds is 81. The number of aliphatic hydroxyl groups is 1. The Morgan fingerprint density at radius 2 is 0.500 bits per heavy atom. The highest BCUT2D eigenvalue weighted by atomic mass is 31.2. The van der Waals surface area contributed by atoms with E-state index < -0.39 is 97.5 Å². The van der Waals surface area contributed by atoms with E-state index in [-0.39, 0.29) is 25.7 Å². The predicted molar refractivity (Wildman–Crippen MR) is 418 cm³/mol. The van der Waals surface area contributed by atoms with Gasteiger partial charge in [-0.15, -0.1) is 0 Å². The van der Waals surface area contributed by atoms with E-state index in [2.05, 4.69) is 48.5 Å². The largest absolute Gasteiger partial charge is 0.472 e. The molecule has 606 valence electrons. The van der Waals surface area contributed by atoms with Crippen molar-refractivity contribution in [2.45, 2.75) is 452 Å². The van der Waals surface area contributed by atoms with Crippen molar-refractivity contribution >= 4 is 39.5 Å². The minimum atomic E-state index is -4.96. The van der Waals surface area contributed by atoms with E-state index in [0.29, 0.717) is 25.7 Å². The third-order valence-corrected chi connectivity index (χ3v) is 21.6. The predicted octanol–water partition coefficient (Wildman–Crippen LogP) is 24.9. The maximum atomic E-state index is 13.1. The second-order valence-electron chi connectivity index (χ2n) is 31.1. The van der Waals surface area contributed by atoms with Crippen molar-refractivity contribution in [2.75, 3.05) is 39.6 Å². The van der Waals surface area contributed by atoms with Crippen molar-refractivity contribution in [1.82, 2.24) is 0 Å². The molecule has 17 nitrogen and oxygen atoms in total. The molecule has 0 amide bonds. The van der Waals surface area contributed by atoms with Gasteiger partial charge in [-0.25, -0.2) is 9.13 Å². The summed E-state index contributed by atoms with van der Waals surface area (Å²) in [7, 11) is -9.92. The van der Waals surface area contributed by atoms with Crippen LogP contribution >= 0.6 is 15.6 Å². The Balaban J connectivity index is 5.22. The normalized spacial score (nSPS) is 14.2. The van der Waals surface area contributed by atoms with Crippen molar-refractivity contribution in [2.24, 2.45) is 17.8 Å². The lowest BCUT2D eigenvalue weighted by Gasteiger charge is -2.21. The summed E-state index contributed by atoms with van der Waals surface area (Å²) in [6.45, 7) is 12.0. The van der Waals surface area contributed by atoms with Crippen LogP contribution in [0.3, 0.4) is 0 Å². The van der Waals surface area contributed by atoms with E-state index in [4.69, 9.17) is 37.0 Å². The van der Waals surface area contributed by atoms with Crippen molar-refractivity contribution in [3.8, 4) is 0 Å². The minimum Gasteiger partial charge on any atom is -0.462 e. The molecular formula is C83H162O17P2. The Bertz CT molecular complexity index is 1980. The molecule has 0 aliphatic carbocycles. The quantitative estimate of drug-likeness (QED) is 0.0222. The Labute approximate surface area is 626 Å². The third kappa shape index (κ3) is 74.9. The van der Waals surface area contributed by atoms with E-state index in [1.165, 1.54) is 244 Å². The number of ether oxygens (including phenoxy) is 4. The Hall–Kier alpha value is -1.94. The van der Waals surface area contributed by atoms with Gasteiger partial charge in [0, 0.05) is 25.7 Å². The standard InChI is InChI=1S/C83H162O17P2/c1-8-10-11-12-13-14-36-43-50-57-64-80(85)93-70-78(99-83(88)67-60-53-46-39-32-26-24-28-34-41-48-55-62-75(5)6)72-97-101(89,90)95-68-77(84)69-96-102(91,92)98-73-79(71-94-81(86)65-58-51-44-37-30-25-23-27-33-40-47-54-61-74(3)4)100-82(87)66-59-52-45-38-31-22-20-18-16-15-17-19-21-29-35-42-49-56-63-76(7)9-2/h74-79,84H,8-73H2,1-7H3,(H,89,90)(H,91,92)/t76?,77-,78+,79+/m0/s1. The molecule has 0 bridgehead atoms. The van der Waals surface area contributed by atoms with Crippen LogP contribution in [0.2, 0.25) is 0 Å². The average molecular weight is 1490 g/mol. The maximum Gasteiger partial charge on any atom is 0.472 e. The highest BCUT2D eigenvalue weighted by Crippen LogP contribution is 2.45. The van der Waals surface area contributed by atoms with Gasteiger partial charge in [0.05, 0.1) is 26.4 Å². The first-order chi connectivity index (χ1) is 49.3. The van der Waals surface area contributed by atoms with Gasteiger partial charge in [-0.05, 0) is 43.4 Å². The fourth-order valence-corrected chi connectivity index (χ4v) is 14.4. The zero-order chi connectivity index (χ0) is 75.1. The van der Waals surface area contributed by atoms with Gasteiger partial charge in [-0.1, -0.05) is 382 Å². The number of hydrogen-bond donors (Lipinski definition) is 3. The monoisotopic (exact) mass is 1490 g/mol. The number of unbranched alkanes of at least 4 members (excludes halogenated alkanes) is 48. The molecule has 19 heteroatoms. The van der Waals surface area contributed by atoms with Crippen molar-refractivity contribution < 1.29 is 80.2 Å². The van der Waals surface area contributed by atoms with Crippen LogP contribution < -0.4 is 0 Å². The fourth-order valence-electron chi connectivity index (χ4n) is 12.8. The molecular weight excluding hydrogens is 1330 g/mol. The molecule has 3 unspecified atom stereocenters. The van der Waals surface area contributed by atoms with Crippen LogP contribution in [-0.2, 0) is 65.4 Å². The van der Waals surface area contributed by atoms with Crippen LogP contribution in [0.1, 0.15) is 434 Å². The van der Waals surface area contributed by atoms with Gasteiger partial charge in [0.1, 0.15) is 19.3 Å². The summed E-state index contributed by atoms with van der Waals surface area (Å²) in [5.74, 6) is 0.321. The first kappa shape index (κ1) is 100. The van der Waals surface area contributed by atoms with Gasteiger partial charge in [-0.3, -0.25) is 37.3 Å². The molecule has 0 saturated heterocycles. The molecule has 0 aliphatic rings. The van der Waals surface area contributed by atoms with E-state index in [9.17, 15) is 43.2 Å². The van der Waals surface area contributed by atoms with Crippen LogP contribution in [-0.4, -0.2) is 96.7 Å². The molecule has 0 radical (unpaired) electrons. The second kappa shape index (κ2) is 73.2. The van der Waals surface area contributed by atoms with Gasteiger partial charge in [-0.2, -0.15) is 0 Å². The Kier molecular flexibility index (Phi) is 71.8. The highest BCUT2D eigenvalue weighted by Gasteiger charge is 2.30. The van der Waals surface area contributed by atoms with Gasteiger partial charge in [0.25, 0.3) is 0 Å². The summed E-state index contributed by atoms with van der Waals surface area (Å²) < 4.78 is 68.8. The summed E-state index contributed by atoms with van der Waals surface area (Å²) in [4.78, 5) is 73.1. The Morgan fingerprint density at radius 1 is 0.284 bits per heavy atom. The minimum absolute atomic E-state index is 0.107. The lowest BCUT2D eigenvalue weighted by molar-refractivity contribution is -0.161. The van der Waals surface area contributed by atoms with E-state index >= 15 is 0 Å². The van der Waals surface area contributed by atoms with Gasteiger partial charge in [0.15, 0.2) is 12.2 Å². The maximum absolute atomic E-state index is 13.1. The zero-order valence-electron chi connectivity index (χ0n) is 67.1. The molecule has 6 atom stereocenters. The topological polar surface area (TPSA) is 237 Å². The number of phosphoric ester groups is 2. The molecule has 0 heterocycles. The lowest BCUT2D eigenvalue weighted by atomic mass is 9.99. The van der Waals surface area contributed by atoms with Crippen LogP contribution in [0.15, 0.2) is 0 Å². The van der Waals surface area contributed by atoms with Crippen molar-refractivity contribution in [3.05, 3.63) is 0 Å². The first-order valence-electron chi connectivity index (χ1n) is 42.9. The van der Waals surface area contributed by atoms with Crippen LogP contribution in [0, 0.1) is 17.8 Å². The van der Waals surface area contributed by atoms with Crippen LogP contribution in [0.5, 0.6) is 0 Å². The molecule has 102 heavy (non-hydrogen) atoms. The number of carbonyl (C=O) groups is 4. The summed E-state index contributed by atoms with van der Waals surface area (Å²) in [5.41, 5.74) is 0. The SMILES string of the molecule is CCCCCCCCCCCCC(=O)OC[C@H](COP(=O)(O)OC[C@H](O)COP(=O)(O)OC[C@@H](COC(=O)CCCCCCCCCCCCCCC(C)C)OC(=O)CCCCCCCCCCCCCCCCCCCCC(C)CC)OC(=O)CCCCCCCCCCCCCCC(C)C. The lowest BCUT2D eigenvalue weighted by Crippen LogP contribution is -2.30. The number of aliphatic hydroxyl groups excluding tert-OH is 1. The number of phosphoric acid groups is 2. The zero-order valence-corrected chi connectivity index (χ0v) is 68.9. The third-order valence-electron chi connectivity index (χ3n) is 19.7. The molecule has 0 aromatic heterocycles. The van der Waals surface area contributed by atoms with Crippen molar-refractivity contribution in [1.29, 1.82) is 0 Å². The number of hydrogen-bond acceptors (Lipinski definition) is 15. The molecule has 0 fully saturated rings. The number of esters is 4. The number of carbonyl (C=O) groups excluding carboxylic acids is 4. The highest BCUT2D eigenvalue weighted by molar-refractivity contribution is 7.47. The first-order valence-corrected chi connectivity index (χ1v) is 45.9. The van der Waals surface area contributed by atoms with Gasteiger partial charge in [0.2, 0.25) is 0 Å². The Morgan fingerprint density at radius 3 is 0.745 bits per heavy atom. The smallest absolute Gasteiger partial charge is 0.462 e. The molecule has 0 aliphatic heterocycles. The van der Waals surface area contributed by atoms with Crippen LogP contribution in [0.4, 0.5) is 0 Å². The summed E-state index contributed by atoms with van der Waals surface area (Å²) in [5, 5.41) is 10.7. The van der Waals surface area contributed by atoms with Crippen LogP contribution in [0.25, 0.3) is 0 Å². The summed E-state index contributed by atoms with van der Waals surface area (Å²) in [6.07, 6.45) is 62.4. The van der Waals surface area contributed by atoms with E-state index in [1.807, 2.05) is 0 Å². The van der Waals surface area contributed by atoms with Gasteiger partial charge >= 0.3 is 39.5 Å². The second-order valence-corrected chi connectivity index (χ2v) is 34.0. The molecule has 0 saturated carbocycles.